The summed E-state index contributed by atoms with van der Waals surface area (Å²) in [6.07, 6.45) is 9.04. The Bertz CT molecular complexity index is 224. The van der Waals surface area contributed by atoms with Crippen molar-refractivity contribution in [2.45, 2.75) is 46.1 Å². The van der Waals surface area contributed by atoms with E-state index < -0.39 is 0 Å². The average Bonchev–Trinajstić information content (AvgIpc) is 2.16. The quantitative estimate of drug-likeness (QED) is 0.583. The van der Waals surface area contributed by atoms with Gasteiger partial charge in [0.05, 0.1) is 0 Å². The van der Waals surface area contributed by atoms with E-state index in [0.29, 0.717) is 11.5 Å². The standard InChI is InChI=1S/C13H23N/c1-13(2,3)11-6-7-12-10(9-11)5-4-8-14-12/h6-7,10-12,14H,4-5,8-9H2,1-3H3. The predicted molar refractivity (Wildman–Crippen MR) is 61.2 cm³/mol. The number of nitrogens with one attached hydrogen (secondary N) is 1. The van der Waals surface area contributed by atoms with Crippen LogP contribution in [0.25, 0.3) is 0 Å². The molecule has 1 heteroatoms. The lowest BCUT2D eigenvalue weighted by Gasteiger charge is -2.40. The molecule has 0 aromatic carbocycles. The van der Waals surface area contributed by atoms with Gasteiger partial charge in [0.1, 0.15) is 0 Å². The molecule has 0 radical (unpaired) electrons. The van der Waals surface area contributed by atoms with Crippen molar-refractivity contribution in [1.29, 1.82) is 0 Å². The monoisotopic (exact) mass is 193 g/mol. The second-order valence-electron chi connectivity index (χ2n) is 5.98. The summed E-state index contributed by atoms with van der Waals surface area (Å²) in [6, 6.07) is 0.683. The van der Waals surface area contributed by atoms with E-state index in [9.17, 15) is 0 Å². The number of piperidine rings is 1. The highest BCUT2D eigenvalue weighted by Gasteiger charge is 2.33. The van der Waals surface area contributed by atoms with Gasteiger partial charge < -0.3 is 5.32 Å². The minimum atomic E-state index is 0.443. The first-order valence-corrected chi connectivity index (χ1v) is 5.99. The molecule has 2 rings (SSSR count). The Balaban J connectivity index is 2.06. The van der Waals surface area contributed by atoms with Gasteiger partial charge in [-0.15, -0.1) is 0 Å². The van der Waals surface area contributed by atoms with Crippen LogP contribution in [0.2, 0.25) is 0 Å². The number of hydrogen-bond donors (Lipinski definition) is 1. The fourth-order valence-electron chi connectivity index (χ4n) is 2.77. The minimum Gasteiger partial charge on any atom is -0.310 e. The number of fused-ring (bicyclic) bond motifs is 1. The van der Waals surface area contributed by atoms with E-state index in [-0.39, 0.29) is 0 Å². The molecule has 1 heterocycles. The molecule has 1 nitrogen and oxygen atoms in total. The number of rotatable bonds is 0. The van der Waals surface area contributed by atoms with Crippen LogP contribution in [0, 0.1) is 17.3 Å². The van der Waals surface area contributed by atoms with Gasteiger partial charge in [-0.05, 0) is 43.1 Å². The normalized spacial score (nSPS) is 38.1. The van der Waals surface area contributed by atoms with Crippen molar-refractivity contribution >= 4 is 0 Å². The third kappa shape index (κ3) is 2.03. The average molecular weight is 193 g/mol. The van der Waals surface area contributed by atoms with Crippen molar-refractivity contribution in [3.63, 3.8) is 0 Å². The Kier molecular flexibility index (Phi) is 2.70. The first-order valence-electron chi connectivity index (χ1n) is 5.99. The van der Waals surface area contributed by atoms with E-state index >= 15 is 0 Å². The maximum Gasteiger partial charge on any atom is 0.0278 e. The Morgan fingerprint density at radius 3 is 2.71 bits per heavy atom. The largest absolute Gasteiger partial charge is 0.310 e. The third-order valence-electron chi connectivity index (χ3n) is 3.86. The minimum absolute atomic E-state index is 0.443. The molecule has 0 saturated carbocycles. The highest BCUT2D eigenvalue weighted by molar-refractivity contribution is 5.08. The Morgan fingerprint density at radius 2 is 2.00 bits per heavy atom. The summed E-state index contributed by atoms with van der Waals surface area (Å²) in [5.41, 5.74) is 0.443. The lowest BCUT2D eigenvalue weighted by atomic mass is 9.69. The molecule has 0 aromatic rings. The first-order chi connectivity index (χ1) is 6.57. The zero-order valence-electron chi connectivity index (χ0n) is 9.72. The molecule has 80 valence electrons. The van der Waals surface area contributed by atoms with Crippen molar-refractivity contribution in [3.8, 4) is 0 Å². The summed E-state index contributed by atoms with van der Waals surface area (Å²) >= 11 is 0. The molecule has 2 aliphatic rings. The molecular weight excluding hydrogens is 170 g/mol. The van der Waals surface area contributed by atoms with Crippen LogP contribution in [-0.2, 0) is 0 Å². The van der Waals surface area contributed by atoms with Crippen LogP contribution in [0.3, 0.4) is 0 Å². The van der Waals surface area contributed by atoms with Crippen LogP contribution in [0.1, 0.15) is 40.0 Å². The molecule has 14 heavy (non-hydrogen) atoms. The molecule has 1 aliphatic heterocycles. The molecule has 0 amide bonds. The summed E-state index contributed by atoms with van der Waals surface area (Å²) < 4.78 is 0. The van der Waals surface area contributed by atoms with Gasteiger partial charge in [-0.25, -0.2) is 0 Å². The molecular formula is C13H23N. The lowest BCUT2D eigenvalue weighted by Crippen LogP contribution is -2.43. The van der Waals surface area contributed by atoms with Gasteiger partial charge in [0.2, 0.25) is 0 Å². The van der Waals surface area contributed by atoms with Gasteiger partial charge in [0.25, 0.3) is 0 Å². The maximum absolute atomic E-state index is 3.61. The van der Waals surface area contributed by atoms with E-state index in [1.165, 1.54) is 25.8 Å². The van der Waals surface area contributed by atoms with Crippen LogP contribution in [0.5, 0.6) is 0 Å². The Hall–Kier alpha value is -0.300. The van der Waals surface area contributed by atoms with Crippen LogP contribution >= 0.6 is 0 Å². The van der Waals surface area contributed by atoms with E-state index in [0.717, 1.165) is 11.8 Å². The van der Waals surface area contributed by atoms with Gasteiger partial charge in [-0.1, -0.05) is 32.9 Å². The Morgan fingerprint density at radius 1 is 1.21 bits per heavy atom. The summed E-state index contributed by atoms with van der Waals surface area (Å²) in [6.45, 7) is 8.29. The van der Waals surface area contributed by atoms with Crippen molar-refractivity contribution < 1.29 is 0 Å². The zero-order chi connectivity index (χ0) is 10.2. The molecule has 0 aromatic heterocycles. The van der Waals surface area contributed by atoms with Crippen LogP contribution < -0.4 is 5.32 Å². The fraction of sp³-hybridized carbons (Fsp3) is 0.846. The van der Waals surface area contributed by atoms with E-state index in [4.69, 9.17) is 0 Å². The maximum atomic E-state index is 3.61. The lowest BCUT2D eigenvalue weighted by molar-refractivity contribution is 0.188. The Labute approximate surface area is 88.0 Å². The van der Waals surface area contributed by atoms with Gasteiger partial charge in [-0.3, -0.25) is 0 Å². The van der Waals surface area contributed by atoms with Crippen molar-refractivity contribution in [1.82, 2.24) is 5.32 Å². The first kappa shape index (κ1) is 10.2. The third-order valence-corrected chi connectivity index (χ3v) is 3.86. The van der Waals surface area contributed by atoms with Crippen molar-refractivity contribution in [3.05, 3.63) is 12.2 Å². The van der Waals surface area contributed by atoms with E-state index in [1.807, 2.05) is 0 Å². The van der Waals surface area contributed by atoms with Gasteiger partial charge in [-0.2, -0.15) is 0 Å². The smallest absolute Gasteiger partial charge is 0.0278 e. The molecule has 1 saturated heterocycles. The number of hydrogen-bond acceptors (Lipinski definition) is 1. The van der Waals surface area contributed by atoms with E-state index in [2.05, 4.69) is 38.2 Å². The predicted octanol–water partition coefficient (Wildman–Crippen LogP) is 2.98. The summed E-state index contributed by atoms with van der Waals surface area (Å²) in [4.78, 5) is 0. The second kappa shape index (κ2) is 3.69. The molecule has 0 spiro atoms. The van der Waals surface area contributed by atoms with E-state index in [1.54, 1.807) is 0 Å². The van der Waals surface area contributed by atoms with Crippen molar-refractivity contribution in [2.75, 3.05) is 6.54 Å². The topological polar surface area (TPSA) is 12.0 Å². The SMILES string of the molecule is CC(C)(C)C1C=CC2NCCCC2C1. The van der Waals surface area contributed by atoms with Gasteiger partial charge in [0, 0.05) is 6.04 Å². The van der Waals surface area contributed by atoms with Crippen LogP contribution in [-0.4, -0.2) is 12.6 Å². The second-order valence-corrected chi connectivity index (χ2v) is 5.98. The fourth-order valence-corrected chi connectivity index (χ4v) is 2.77. The summed E-state index contributed by atoms with van der Waals surface area (Å²) in [5, 5.41) is 3.61. The summed E-state index contributed by atoms with van der Waals surface area (Å²) in [5.74, 6) is 1.68. The highest BCUT2D eigenvalue weighted by atomic mass is 14.9. The molecule has 3 unspecified atom stereocenters. The molecule has 1 N–H and O–H groups in total. The van der Waals surface area contributed by atoms with Crippen LogP contribution in [0.15, 0.2) is 12.2 Å². The van der Waals surface area contributed by atoms with Crippen molar-refractivity contribution in [2.24, 2.45) is 17.3 Å². The molecule has 3 atom stereocenters. The summed E-state index contributed by atoms with van der Waals surface area (Å²) in [7, 11) is 0. The zero-order valence-corrected chi connectivity index (χ0v) is 9.72. The molecule has 1 fully saturated rings. The van der Waals surface area contributed by atoms with Gasteiger partial charge >= 0.3 is 0 Å². The number of allylic oxidation sites excluding steroid dienone is 1. The van der Waals surface area contributed by atoms with Gasteiger partial charge in [0.15, 0.2) is 0 Å². The van der Waals surface area contributed by atoms with Crippen LogP contribution in [0.4, 0.5) is 0 Å². The highest BCUT2D eigenvalue weighted by Crippen LogP contribution is 2.38. The molecule has 1 aliphatic carbocycles. The molecule has 0 bridgehead atoms.